The second-order valence-electron chi connectivity index (χ2n) is 4.00. The summed E-state index contributed by atoms with van der Waals surface area (Å²) in [6.45, 7) is 0. The third-order valence-corrected chi connectivity index (χ3v) is 4.58. The third kappa shape index (κ3) is 3.16. The molecule has 1 N–H and O–H groups in total. The highest BCUT2D eigenvalue weighted by Gasteiger charge is 2.43. The molecule has 0 unspecified atom stereocenters. The van der Waals surface area contributed by atoms with Gasteiger partial charge in [-0.2, -0.15) is 13.2 Å². The SMILES string of the molecule is O=C(O)/C(=C\c1csc2c(Br)cccc12)C(=O)C(F)(F)F. The summed E-state index contributed by atoms with van der Waals surface area (Å²) in [6.07, 6.45) is -4.47. The maximum Gasteiger partial charge on any atom is 0.455 e. The van der Waals surface area contributed by atoms with E-state index in [1.165, 1.54) is 16.7 Å². The summed E-state index contributed by atoms with van der Waals surface area (Å²) in [5, 5.41) is 10.9. The van der Waals surface area contributed by atoms with Gasteiger partial charge in [-0.05, 0) is 39.0 Å². The lowest BCUT2D eigenvalue weighted by atomic mass is 10.1. The second kappa shape index (κ2) is 5.61. The molecule has 0 saturated carbocycles. The highest BCUT2D eigenvalue weighted by molar-refractivity contribution is 9.10. The summed E-state index contributed by atoms with van der Waals surface area (Å²) in [4.78, 5) is 22.1. The number of benzene rings is 1. The number of carboxylic acid groups (broad SMARTS) is 1. The van der Waals surface area contributed by atoms with E-state index in [4.69, 9.17) is 5.11 Å². The van der Waals surface area contributed by atoms with Gasteiger partial charge in [0.05, 0.1) is 0 Å². The number of carbonyl (C=O) groups excluding carboxylic acids is 1. The maximum atomic E-state index is 12.4. The average Bonchev–Trinajstić information content (AvgIpc) is 2.78. The van der Waals surface area contributed by atoms with Crippen LogP contribution in [0.1, 0.15) is 5.56 Å². The Labute approximate surface area is 128 Å². The molecule has 110 valence electrons. The summed E-state index contributed by atoms with van der Waals surface area (Å²) < 4.78 is 38.7. The van der Waals surface area contributed by atoms with Crippen molar-refractivity contribution in [3.05, 3.63) is 39.2 Å². The Morgan fingerprint density at radius 1 is 1.29 bits per heavy atom. The van der Waals surface area contributed by atoms with Gasteiger partial charge < -0.3 is 5.11 Å². The molecule has 2 rings (SSSR count). The van der Waals surface area contributed by atoms with E-state index in [1.807, 2.05) is 0 Å². The van der Waals surface area contributed by atoms with Crippen LogP contribution in [0.15, 0.2) is 33.6 Å². The lowest BCUT2D eigenvalue weighted by Crippen LogP contribution is -2.28. The largest absolute Gasteiger partial charge is 0.478 e. The van der Waals surface area contributed by atoms with E-state index >= 15 is 0 Å². The van der Waals surface area contributed by atoms with Crippen molar-refractivity contribution in [3.8, 4) is 0 Å². The Kier molecular flexibility index (Phi) is 4.20. The van der Waals surface area contributed by atoms with Gasteiger partial charge in [-0.3, -0.25) is 4.79 Å². The third-order valence-electron chi connectivity index (χ3n) is 2.61. The van der Waals surface area contributed by atoms with Gasteiger partial charge in [-0.15, -0.1) is 11.3 Å². The van der Waals surface area contributed by atoms with Crippen molar-refractivity contribution in [2.45, 2.75) is 6.18 Å². The molecule has 8 heteroatoms. The molecule has 0 spiro atoms. The number of halogens is 4. The van der Waals surface area contributed by atoms with E-state index in [0.29, 0.717) is 5.39 Å². The molecule has 0 atom stereocenters. The van der Waals surface area contributed by atoms with Crippen molar-refractivity contribution >= 4 is 55.2 Å². The van der Waals surface area contributed by atoms with E-state index in [-0.39, 0.29) is 5.56 Å². The Morgan fingerprint density at radius 3 is 2.52 bits per heavy atom. The minimum atomic E-state index is -5.23. The standard InChI is InChI=1S/C13H6BrF3O3S/c14-9-3-1-2-7-6(5-21-10(7)9)4-8(12(19)20)11(18)13(15,16)17/h1-5H,(H,19,20)/b8-4-. The van der Waals surface area contributed by atoms with Crippen LogP contribution in [0.25, 0.3) is 16.2 Å². The Morgan fingerprint density at radius 2 is 1.95 bits per heavy atom. The van der Waals surface area contributed by atoms with E-state index < -0.39 is 23.5 Å². The van der Waals surface area contributed by atoms with Gasteiger partial charge in [0.2, 0.25) is 0 Å². The Balaban J connectivity index is 2.59. The minimum Gasteiger partial charge on any atom is -0.478 e. The van der Waals surface area contributed by atoms with Crippen LogP contribution in [0.2, 0.25) is 0 Å². The van der Waals surface area contributed by atoms with Gasteiger partial charge >= 0.3 is 12.1 Å². The topological polar surface area (TPSA) is 54.4 Å². The molecule has 0 saturated heterocycles. The van der Waals surface area contributed by atoms with Crippen LogP contribution in [0.4, 0.5) is 13.2 Å². The smallest absolute Gasteiger partial charge is 0.455 e. The van der Waals surface area contributed by atoms with Crippen molar-refractivity contribution in [1.82, 2.24) is 0 Å². The summed E-state index contributed by atoms with van der Waals surface area (Å²) in [7, 11) is 0. The first-order chi connectivity index (χ1) is 9.71. The molecule has 3 nitrogen and oxygen atoms in total. The van der Waals surface area contributed by atoms with Gasteiger partial charge in [-0.25, -0.2) is 4.79 Å². The number of ketones is 1. The van der Waals surface area contributed by atoms with Crippen LogP contribution >= 0.6 is 27.3 Å². The fraction of sp³-hybridized carbons (Fsp3) is 0.0769. The number of rotatable bonds is 3. The highest BCUT2D eigenvalue weighted by atomic mass is 79.9. The first-order valence-corrected chi connectivity index (χ1v) is 7.11. The second-order valence-corrected chi connectivity index (χ2v) is 5.73. The predicted octanol–water partition coefficient (Wildman–Crippen LogP) is 4.26. The zero-order valence-corrected chi connectivity index (χ0v) is 12.5. The lowest BCUT2D eigenvalue weighted by molar-refractivity contribution is -0.168. The molecule has 0 radical (unpaired) electrons. The van der Waals surface area contributed by atoms with Crippen LogP contribution in [-0.4, -0.2) is 23.0 Å². The highest BCUT2D eigenvalue weighted by Crippen LogP contribution is 2.34. The minimum absolute atomic E-state index is 0.256. The zero-order chi connectivity index (χ0) is 15.8. The molecule has 1 aromatic heterocycles. The Hall–Kier alpha value is -1.67. The average molecular weight is 379 g/mol. The van der Waals surface area contributed by atoms with E-state index in [0.717, 1.165) is 15.2 Å². The molecule has 0 amide bonds. The number of hydrogen-bond donors (Lipinski definition) is 1. The first-order valence-electron chi connectivity index (χ1n) is 5.44. The number of carboxylic acids is 1. The van der Waals surface area contributed by atoms with Gasteiger partial charge in [-0.1, -0.05) is 12.1 Å². The van der Waals surface area contributed by atoms with Gasteiger partial charge in [0.25, 0.3) is 5.78 Å². The molecule has 0 fully saturated rings. The number of aliphatic carboxylic acids is 1. The molecule has 2 aromatic rings. The van der Waals surface area contributed by atoms with Crippen molar-refractivity contribution in [3.63, 3.8) is 0 Å². The van der Waals surface area contributed by atoms with E-state index in [9.17, 15) is 22.8 Å². The zero-order valence-electron chi connectivity index (χ0n) is 10.1. The number of Topliss-reactive ketones (excluding diaryl/α,β-unsaturated/α-hetero) is 1. The molecule has 1 heterocycles. The first kappa shape index (κ1) is 15.7. The molecule has 0 aliphatic carbocycles. The van der Waals surface area contributed by atoms with Gasteiger partial charge in [0.15, 0.2) is 0 Å². The number of hydrogen-bond acceptors (Lipinski definition) is 3. The van der Waals surface area contributed by atoms with Gasteiger partial charge in [0, 0.05) is 14.6 Å². The summed E-state index contributed by atoms with van der Waals surface area (Å²) in [5.74, 6) is -4.28. The molecular formula is C13H6BrF3O3S. The summed E-state index contributed by atoms with van der Waals surface area (Å²) in [5.41, 5.74) is -1.05. The maximum absolute atomic E-state index is 12.4. The molecule has 0 aliphatic heterocycles. The molecule has 21 heavy (non-hydrogen) atoms. The molecular weight excluding hydrogens is 373 g/mol. The van der Waals surface area contributed by atoms with Crippen LogP contribution in [-0.2, 0) is 9.59 Å². The normalized spacial score (nSPS) is 12.7. The molecule has 0 aliphatic rings. The summed E-state index contributed by atoms with van der Waals surface area (Å²) in [6, 6.07) is 5.06. The van der Waals surface area contributed by atoms with Crippen molar-refractivity contribution < 1.29 is 27.9 Å². The van der Waals surface area contributed by atoms with Crippen molar-refractivity contribution in [2.75, 3.05) is 0 Å². The number of carbonyl (C=O) groups is 2. The quantitative estimate of drug-likeness (QED) is 0.493. The van der Waals surface area contributed by atoms with Crippen LogP contribution in [0, 0.1) is 0 Å². The monoisotopic (exact) mass is 378 g/mol. The number of alkyl halides is 3. The van der Waals surface area contributed by atoms with E-state index in [2.05, 4.69) is 15.9 Å². The van der Waals surface area contributed by atoms with Crippen LogP contribution in [0.3, 0.4) is 0 Å². The predicted molar refractivity (Wildman–Crippen MR) is 76.2 cm³/mol. The van der Waals surface area contributed by atoms with Crippen LogP contribution < -0.4 is 0 Å². The van der Waals surface area contributed by atoms with Crippen molar-refractivity contribution in [2.24, 2.45) is 0 Å². The van der Waals surface area contributed by atoms with Crippen molar-refractivity contribution in [1.29, 1.82) is 0 Å². The fourth-order valence-corrected chi connectivity index (χ4v) is 3.27. The molecule has 0 bridgehead atoms. The summed E-state index contributed by atoms with van der Waals surface area (Å²) >= 11 is 4.53. The lowest BCUT2D eigenvalue weighted by Gasteiger charge is -2.05. The Bertz CT molecular complexity index is 762. The number of fused-ring (bicyclic) bond motifs is 1. The molecule has 1 aromatic carbocycles. The van der Waals surface area contributed by atoms with Crippen LogP contribution in [0.5, 0.6) is 0 Å². The van der Waals surface area contributed by atoms with Gasteiger partial charge in [0.1, 0.15) is 5.57 Å². The fourth-order valence-electron chi connectivity index (χ4n) is 1.69. The number of thiophene rings is 1. The van der Waals surface area contributed by atoms with E-state index in [1.54, 1.807) is 18.2 Å².